The van der Waals surface area contributed by atoms with Gasteiger partial charge in [-0.1, -0.05) is 53.4 Å². The van der Waals surface area contributed by atoms with E-state index >= 15 is 0 Å². The van der Waals surface area contributed by atoms with Crippen LogP contribution in [0.4, 0.5) is 0 Å². The van der Waals surface area contributed by atoms with Crippen LogP contribution in [0, 0.1) is 0 Å². The molecule has 2 aromatic rings. The maximum atomic E-state index is 13.3. The van der Waals surface area contributed by atoms with E-state index in [1.165, 1.54) is 54.9 Å². The number of carboxylic acids is 2. The van der Waals surface area contributed by atoms with Gasteiger partial charge in [0.2, 0.25) is 0 Å². The third-order valence-corrected chi connectivity index (χ3v) is 11.1. The van der Waals surface area contributed by atoms with Gasteiger partial charge in [-0.25, -0.2) is 9.59 Å². The minimum Gasteiger partial charge on any atom is -0.479 e. The Morgan fingerprint density at radius 2 is 1.14 bits per heavy atom. The van der Waals surface area contributed by atoms with Crippen LogP contribution in [-0.2, 0) is 9.59 Å². The summed E-state index contributed by atoms with van der Waals surface area (Å²) in [5.41, 5.74) is 0.727. The second kappa shape index (κ2) is 12.0. The van der Waals surface area contributed by atoms with E-state index in [0.717, 1.165) is 0 Å². The molecular formula is C22H18Br2N2O6S4. The normalized spacial score (nSPS) is 19.5. The van der Waals surface area contributed by atoms with Gasteiger partial charge in [-0.15, -0.1) is 23.5 Å². The number of aliphatic carboxylic acids is 2. The minimum atomic E-state index is -1.05. The molecule has 2 atom stereocenters. The Kier molecular flexibility index (Phi) is 9.26. The lowest BCUT2D eigenvalue weighted by atomic mass is 10.2. The van der Waals surface area contributed by atoms with Crippen molar-refractivity contribution in [2.24, 2.45) is 0 Å². The van der Waals surface area contributed by atoms with Gasteiger partial charge >= 0.3 is 11.9 Å². The van der Waals surface area contributed by atoms with Crippen molar-refractivity contribution in [3.8, 4) is 0 Å². The number of amides is 2. The van der Waals surface area contributed by atoms with Crippen molar-refractivity contribution in [2.75, 3.05) is 24.6 Å². The summed E-state index contributed by atoms with van der Waals surface area (Å²) in [6.45, 7) is 0.683. The molecule has 2 aromatic carbocycles. The Labute approximate surface area is 240 Å². The molecule has 2 aliphatic rings. The highest BCUT2D eigenvalue weighted by molar-refractivity contribution is 9.10. The van der Waals surface area contributed by atoms with Gasteiger partial charge in [-0.05, 0) is 36.4 Å². The topological polar surface area (TPSA) is 115 Å². The maximum Gasteiger partial charge on any atom is 0.337 e. The second-order valence-electron chi connectivity index (χ2n) is 7.57. The highest BCUT2D eigenvalue weighted by Gasteiger charge is 2.37. The van der Waals surface area contributed by atoms with Gasteiger partial charge in [0.15, 0.2) is 10.7 Å². The number of carboxylic acid groups (broad SMARTS) is 2. The number of nitrogens with zero attached hydrogens (tertiary/aromatic N) is 2. The van der Waals surface area contributed by atoms with Crippen molar-refractivity contribution in [1.29, 1.82) is 0 Å². The fraction of sp³-hybridized carbons (Fsp3) is 0.273. The summed E-state index contributed by atoms with van der Waals surface area (Å²) in [5, 5.41) is 17.1. The number of carbonyl (C=O) groups excluding carboxylic acids is 2. The Balaban J connectivity index is 1.59. The van der Waals surface area contributed by atoms with Crippen molar-refractivity contribution in [1.82, 2.24) is 9.80 Å². The number of rotatable bonds is 7. The molecule has 0 saturated carbocycles. The molecule has 2 fully saturated rings. The molecule has 2 unspecified atom stereocenters. The van der Waals surface area contributed by atoms with Crippen molar-refractivity contribution >= 4 is 101 Å². The molecule has 2 N–H and O–H groups in total. The average Bonchev–Trinajstić information content (AvgIpc) is 3.53. The van der Waals surface area contributed by atoms with E-state index in [4.69, 9.17) is 0 Å². The van der Waals surface area contributed by atoms with Crippen LogP contribution in [0.5, 0.6) is 0 Å². The van der Waals surface area contributed by atoms with Gasteiger partial charge in [-0.3, -0.25) is 9.59 Å². The predicted octanol–water partition coefficient (Wildman–Crippen LogP) is 5.21. The monoisotopic (exact) mass is 692 g/mol. The summed E-state index contributed by atoms with van der Waals surface area (Å²) >= 11 is 9.21. The quantitative estimate of drug-likeness (QED) is 0.375. The summed E-state index contributed by atoms with van der Waals surface area (Å²) in [4.78, 5) is 53.8. The van der Waals surface area contributed by atoms with Crippen LogP contribution in [0.2, 0.25) is 0 Å². The lowest BCUT2D eigenvalue weighted by Crippen LogP contribution is -2.39. The Hall–Kier alpha value is -1.32. The first kappa shape index (κ1) is 27.7. The first-order valence-electron chi connectivity index (χ1n) is 10.4. The zero-order chi connectivity index (χ0) is 26.0. The van der Waals surface area contributed by atoms with Crippen LogP contribution in [0.25, 0.3) is 0 Å². The van der Waals surface area contributed by atoms with Gasteiger partial charge in [0.1, 0.15) is 0 Å². The summed E-state index contributed by atoms with van der Waals surface area (Å²) in [5.74, 6) is -1.76. The summed E-state index contributed by atoms with van der Waals surface area (Å²) < 4.78 is 1.37. The van der Waals surface area contributed by atoms with Crippen molar-refractivity contribution < 1.29 is 29.4 Å². The van der Waals surface area contributed by atoms with E-state index in [2.05, 4.69) is 31.9 Å². The number of hydrogen-bond donors (Lipinski definition) is 2. The standard InChI is InChI=1S/C22H18Br2N2O6S4/c23-11-1-3-15(13(9-11)17(27)25-5-7-33-19(25)21(29)30)35-36-16-4-2-12(24)10-14(16)18(28)26-6-8-34-20(26)22(31)32/h1-4,9-10,19-20H,5-8H2,(H,29,30)(H,31,32). The molecule has 0 spiro atoms. The molecule has 0 bridgehead atoms. The van der Waals surface area contributed by atoms with Gasteiger partial charge in [0, 0.05) is 43.3 Å². The number of hydrogen-bond acceptors (Lipinski definition) is 8. The minimum absolute atomic E-state index is 0.341. The molecule has 2 heterocycles. The van der Waals surface area contributed by atoms with Gasteiger partial charge in [0.05, 0.1) is 11.1 Å². The predicted molar refractivity (Wildman–Crippen MR) is 150 cm³/mol. The molecule has 36 heavy (non-hydrogen) atoms. The van der Waals surface area contributed by atoms with Crippen molar-refractivity contribution in [3.05, 3.63) is 56.5 Å². The lowest BCUT2D eigenvalue weighted by Gasteiger charge is -2.22. The zero-order valence-electron chi connectivity index (χ0n) is 18.3. The Morgan fingerprint density at radius 1 is 0.750 bits per heavy atom. The average molecular weight is 694 g/mol. The SMILES string of the molecule is O=C(O)C1SCCN1C(=O)c1cc(Br)ccc1SSc1ccc(Br)cc1C(=O)N1CCSC1C(=O)O. The highest BCUT2D eigenvalue weighted by atomic mass is 79.9. The highest BCUT2D eigenvalue weighted by Crippen LogP contribution is 2.43. The lowest BCUT2D eigenvalue weighted by molar-refractivity contribution is -0.139. The van der Waals surface area contributed by atoms with E-state index in [9.17, 15) is 29.4 Å². The third-order valence-electron chi connectivity index (χ3n) is 5.29. The molecule has 0 radical (unpaired) electrons. The van der Waals surface area contributed by atoms with Crippen LogP contribution in [0.3, 0.4) is 0 Å². The maximum absolute atomic E-state index is 13.3. The number of carbonyl (C=O) groups is 4. The smallest absolute Gasteiger partial charge is 0.337 e. The Morgan fingerprint density at radius 3 is 1.50 bits per heavy atom. The summed E-state index contributed by atoms with van der Waals surface area (Å²) in [7, 11) is 2.56. The molecule has 0 aromatic heterocycles. The van der Waals surface area contributed by atoms with E-state index in [-0.39, 0.29) is 11.8 Å². The largest absolute Gasteiger partial charge is 0.479 e. The van der Waals surface area contributed by atoms with Gasteiger partial charge < -0.3 is 20.0 Å². The zero-order valence-corrected chi connectivity index (χ0v) is 24.7. The molecule has 0 aliphatic carbocycles. The van der Waals surface area contributed by atoms with Crippen molar-refractivity contribution in [2.45, 2.75) is 20.5 Å². The molecule has 190 valence electrons. The van der Waals surface area contributed by atoms with Crippen LogP contribution in [0.1, 0.15) is 20.7 Å². The number of benzene rings is 2. The number of halogens is 2. The summed E-state index contributed by atoms with van der Waals surface area (Å²) in [6.07, 6.45) is 0. The van der Waals surface area contributed by atoms with Gasteiger partial charge in [-0.2, -0.15) is 0 Å². The van der Waals surface area contributed by atoms with E-state index in [1.807, 2.05) is 0 Å². The number of thioether (sulfide) groups is 2. The first-order chi connectivity index (χ1) is 17.2. The molecule has 4 rings (SSSR count). The molecule has 8 nitrogen and oxygen atoms in total. The fourth-order valence-corrected chi connectivity index (χ4v) is 8.78. The van der Waals surface area contributed by atoms with Crippen LogP contribution >= 0.6 is 77.0 Å². The van der Waals surface area contributed by atoms with Crippen LogP contribution < -0.4 is 0 Å². The van der Waals surface area contributed by atoms with E-state index < -0.39 is 22.7 Å². The van der Waals surface area contributed by atoms with E-state index in [0.29, 0.717) is 54.5 Å². The third kappa shape index (κ3) is 6.04. The fourth-order valence-electron chi connectivity index (χ4n) is 3.65. The second-order valence-corrected chi connectivity index (χ2v) is 14.0. The van der Waals surface area contributed by atoms with Crippen LogP contribution in [-0.4, -0.2) is 79.1 Å². The van der Waals surface area contributed by atoms with E-state index in [1.54, 1.807) is 36.4 Å². The van der Waals surface area contributed by atoms with Crippen LogP contribution in [0.15, 0.2) is 55.1 Å². The Bertz CT molecular complexity index is 1140. The first-order valence-corrected chi connectivity index (χ1v) is 16.2. The van der Waals surface area contributed by atoms with Gasteiger partial charge in [0.25, 0.3) is 11.8 Å². The molecule has 14 heteroatoms. The molecule has 2 amide bonds. The molecule has 2 saturated heterocycles. The van der Waals surface area contributed by atoms with Crippen molar-refractivity contribution in [3.63, 3.8) is 0 Å². The summed E-state index contributed by atoms with van der Waals surface area (Å²) in [6, 6.07) is 10.5. The molecular weight excluding hydrogens is 676 g/mol. The molecule has 2 aliphatic heterocycles.